The number of hydrogen-bond donors (Lipinski definition) is 0. The van der Waals surface area contributed by atoms with Gasteiger partial charge in [0.05, 0.1) is 19.9 Å². The van der Waals surface area contributed by atoms with Crippen molar-refractivity contribution in [3.05, 3.63) is 29.1 Å². The molecule has 0 aliphatic carbocycles. The maximum absolute atomic E-state index is 5.37. The number of thiazole rings is 1. The van der Waals surface area contributed by atoms with Crippen LogP contribution in [0.2, 0.25) is 0 Å². The number of methoxy groups -OCH3 is 2. The van der Waals surface area contributed by atoms with Crippen molar-refractivity contribution in [3.8, 4) is 22.2 Å². The van der Waals surface area contributed by atoms with Crippen molar-refractivity contribution in [1.29, 1.82) is 0 Å². The van der Waals surface area contributed by atoms with Gasteiger partial charge in [0.25, 0.3) is 5.19 Å². The van der Waals surface area contributed by atoms with E-state index in [0.717, 1.165) is 23.4 Å². The molecule has 2 aromatic rings. The fourth-order valence-electron chi connectivity index (χ4n) is 1.65. The number of aromatic nitrogens is 1. The molecular formula is C13H15NO2S. The van der Waals surface area contributed by atoms with Crippen molar-refractivity contribution >= 4 is 11.3 Å². The van der Waals surface area contributed by atoms with E-state index < -0.39 is 0 Å². The fraction of sp³-hybridized carbons (Fsp3) is 0.308. The zero-order chi connectivity index (χ0) is 12.3. The summed E-state index contributed by atoms with van der Waals surface area (Å²) in [6.07, 6.45) is 0.998. The first-order chi connectivity index (χ1) is 8.28. The Bertz CT molecular complexity index is 508. The summed E-state index contributed by atoms with van der Waals surface area (Å²) in [5, 5.41) is 2.65. The van der Waals surface area contributed by atoms with Crippen LogP contribution in [-0.4, -0.2) is 19.2 Å². The molecule has 0 N–H and O–H groups in total. The molecule has 1 aromatic carbocycles. The minimum absolute atomic E-state index is 0.670. The highest BCUT2D eigenvalue weighted by atomic mass is 32.1. The van der Waals surface area contributed by atoms with E-state index in [1.54, 1.807) is 14.2 Å². The first kappa shape index (κ1) is 11.9. The molecule has 1 heterocycles. The Balaban J connectivity index is 2.47. The summed E-state index contributed by atoms with van der Waals surface area (Å²) in [4.78, 5) is 4.40. The highest BCUT2D eigenvalue weighted by Crippen LogP contribution is 2.33. The van der Waals surface area contributed by atoms with Gasteiger partial charge in [-0.05, 0) is 24.1 Å². The van der Waals surface area contributed by atoms with E-state index in [4.69, 9.17) is 9.47 Å². The molecule has 2 rings (SSSR count). The van der Waals surface area contributed by atoms with Crippen LogP contribution < -0.4 is 9.47 Å². The zero-order valence-corrected chi connectivity index (χ0v) is 11.0. The third kappa shape index (κ3) is 2.42. The largest absolute Gasteiger partial charge is 0.496 e. The Hall–Kier alpha value is -1.55. The third-order valence-corrected chi connectivity index (χ3v) is 3.41. The van der Waals surface area contributed by atoms with E-state index in [0.29, 0.717) is 5.19 Å². The molecule has 3 nitrogen and oxygen atoms in total. The minimum Gasteiger partial charge on any atom is -0.496 e. The lowest BCUT2D eigenvalue weighted by Gasteiger charge is -2.08. The lowest BCUT2D eigenvalue weighted by molar-refractivity contribution is 0.411. The van der Waals surface area contributed by atoms with Crippen LogP contribution in [0.25, 0.3) is 11.3 Å². The highest BCUT2D eigenvalue weighted by molar-refractivity contribution is 7.11. The first-order valence-corrected chi connectivity index (χ1v) is 6.33. The second-order valence-corrected chi connectivity index (χ2v) is 4.41. The Kier molecular flexibility index (Phi) is 3.64. The van der Waals surface area contributed by atoms with Gasteiger partial charge in [-0.3, -0.25) is 0 Å². The zero-order valence-electron chi connectivity index (χ0n) is 10.2. The van der Waals surface area contributed by atoms with Gasteiger partial charge >= 0.3 is 0 Å². The molecule has 0 aliphatic heterocycles. The van der Waals surface area contributed by atoms with Gasteiger partial charge in [-0.2, -0.15) is 0 Å². The van der Waals surface area contributed by atoms with Gasteiger partial charge in [0.1, 0.15) is 5.75 Å². The fourth-order valence-corrected chi connectivity index (χ4v) is 2.29. The van der Waals surface area contributed by atoms with E-state index >= 15 is 0 Å². The molecule has 0 saturated heterocycles. The summed E-state index contributed by atoms with van der Waals surface area (Å²) >= 11 is 1.49. The van der Waals surface area contributed by atoms with Crippen LogP contribution in [0.3, 0.4) is 0 Å². The Morgan fingerprint density at radius 2 is 2.06 bits per heavy atom. The number of nitrogens with zero attached hydrogens (tertiary/aromatic N) is 1. The molecule has 0 atom stereocenters. The molecule has 1 aromatic heterocycles. The lowest BCUT2D eigenvalue weighted by atomic mass is 10.1. The van der Waals surface area contributed by atoms with E-state index in [1.807, 2.05) is 11.4 Å². The quantitative estimate of drug-likeness (QED) is 0.832. The lowest BCUT2D eigenvalue weighted by Crippen LogP contribution is -1.91. The standard InChI is InChI=1S/C13H15NO2S/c1-4-9-5-6-12(15-2)10(7-9)11-8-17-13(14-11)16-3/h5-8H,4H2,1-3H3. The average molecular weight is 249 g/mol. The van der Waals surface area contributed by atoms with Gasteiger partial charge in [0, 0.05) is 10.9 Å². The van der Waals surface area contributed by atoms with Crippen LogP contribution in [0.5, 0.6) is 10.9 Å². The predicted molar refractivity (Wildman–Crippen MR) is 70.0 cm³/mol. The van der Waals surface area contributed by atoms with Crippen molar-refractivity contribution in [1.82, 2.24) is 4.98 Å². The SMILES string of the molecule is CCc1ccc(OC)c(-c2csc(OC)n2)c1. The van der Waals surface area contributed by atoms with Gasteiger partial charge in [0.2, 0.25) is 0 Å². The monoisotopic (exact) mass is 249 g/mol. The molecule has 0 amide bonds. The number of ether oxygens (including phenoxy) is 2. The van der Waals surface area contributed by atoms with E-state index in [2.05, 4.69) is 24.0 Å². The maximum atomic E-state index is 5.37. The molecule has 0 aliphatic rings. The smallest absolute Gasteiger partial charge is 0.273 e. The molecule has 17 heavy (non-hydrogen) atoms. The molecular weight excluding hydrogens is 234 g/mol. The third-order valence-electron chi connectivity index (χ3n) is 2.61. The highest BCUT2D eigenvalue weighted by Gasteiger charge is 2.10. The number of benzene rings is 1. The molecule has 0 unspecified atom stereocenters. The van der Waals surface area contributed by atoms with Gasteiger partial charge in [0.15, 0.2) is 0 Å². The van der Waals surface area contributed by atoms with Crippen molar-refractivity contribution < 1.29 is 9.47 Å². The van der Waals surface area contributed by atoms with Crippen molar-refractivity contribution in [3.63, 3.8) is 0 Å². The predicted octanol–water partition coefficient (Wildman–Crippen LogP) is 3.39. The second kappa shape index (κ2) is 5.19. The molecule has 0 bridgehead atoms. The number of aryl methyl sites for hydroxylation is 1. The van der Waals surface area contributed by atoms with Crippen molar-refractivity contribution in [2.45, 2.75) is 13.3 Å². The first-order valence-electron chi connectivity index (χ1n) is 5.45. The molecule has 0 fully saturated rings. The summed E-state index contributed by atoms with van der Waals surface area (Å²) in [6.45, 7) is 2.13. The van der Waals surface area contributed by atoms with Crippen LogP contribution >= 0.6 is 11.3 Å². The van der Waals surface area contributed by atoms with Crippen LogP contribution in [-0.2, 0) is 6.42 Å². The molecule has 90 valence electrons. The van der Waals surface area contributed by atoms with Crippen LogP contribution in [0.15, 0.2) is 23.6 Å². The van der Waals surface area contributed by atoms with Gasteiger partial charge in [-0.1, -0.05) is 24.3 Å². The normalized spacial score (nSPS) is 10.3. The van der Waals surface area contributed by atoms with E-state index in [-0.39, 0.29) is 0 Å². The second-order valence-electron chi connectivity index (χ2n) is 3.59. The molecule has 4 heteroatoms. The Labute approximate surface area is 105 Å². The summed E-state index contributed by atoms with van der Waals surface area (Å²) in [5.41, 5.74) is 3.19. The molecule has 0 spiro atoms. The van der Waals surface area contributed by atoms with Gasteiger partial charge < -0.3 is 9.47 Å². The molecule has 0 saturated carbocycles. The Morgan fingerprint density at radius 1 is 1.24 bits per heavy atom. The van der Waals surface area contributed by atoms with Crippen molar-refractivity contribution in [2.75, 3.05) is 14.2 Å². The summed E-state index contributed by atoms with van der Waals surface area (Å²) in [5.74, 6) is 0.843. The van der Waals surface area contributed by atoms with Crippen LogP contribution in [0, 0.1) is 0 Å². The number of rotatable bonds is 4. The summed E-state index contributed by atoms with van der Waals surface area (Å²) < 4.78 is 10.5. The van der Waals surface area contributed by atoms with Crippen LogP contribution in [0.1, 0.15) is 12.5 Å². The van der Waals surface area contributed by atoms with Crippen molar-refractivity contribution in [2.24, 2.45) is 0 Å². The minimum atomic E-state index is 0.670. The molecule has 0 radical (unpaired) electrons. The van der Waals surface area contributed by atoms with Gasteiger partial charge in [-0.15, -0.1) is 0 Å². The van der Waals surface area contributed by atoms with E-state index in [1.165, 1.54) is 16.9 Å². The van der Waals surface area contributed by atoms with E-state index in [9.17, 15) is 0 Å². The summed E-state index contributed by atoms with van der Waals surface area (Å²) in [7, 11) is 3.30. The van der Waals surface area contributed by atoms with Gasteiger partial charge in [-0.25, -0.2) is 4.98 Å². The maximum Gasteiger partial charge on any atom is 0.273 e. The van der Waals surface area contributed by atoms with Crippen LogP contribution in [0.4, 0.5) is 0 Å². The Morgan fingerprint density at radius 3 is 2.65 bits per heavy atom. The topological polar surface area (TPSA) is 31.4 Å². The average Bonchev–Trinajstić information content (AvgIpc) is 2.86. The number of hydrogen-bond acceptors (Lipinski definition) is 4. The summed E-state index contributed by atoms with van der Waals surface area (Å²) in [6, 6.07) is 6.18.